The quantitative estimate of drug-likeness (QED) is 0.761. The zero-order valence-electron chi connectivity index (χ0n) is 10.2. The van der Waals surface area contributed by atoms with Gasteiger partial charge in [-0.1, -0.05) is 13.8 Å². The number of aromatic nitrogens is 1. The fraction of sp³-hybridized carbons (Fsp3) is 0.700. The number of methoxy groups -OCH3 is 1. The van der Waals surface area contributed by atoms with Gasteiger partial charge in [0.25, 0.3) is 0 Å². The first-order valence-electron chi connectivity index (χ1n) is 4.82. The zero-order valence-corrected chi connectivity index (χ0v) is 11.8. The lowest BCUT2D eigenvalue weighted by Crippen LogP contribution is -2.18. The van der Waals surface area contributed by atoms with Gasteiger partial charge in [-0.25, -0.2) is 4.98 Å². The summed E-state index contributed by atoms with van der Waals surface area (Å²) in [5.41, 5.74) is -0.308. The molecule has 0 bridgehead atoms. The molecule has 1 aromatic heterocycles. The van der Waals surface area contributed by atoms with Crippen LogP contribution in [0, 0.1) is 0 Å². The summed E-state index contributed by atoms with van der Waals surface area (Å²) in [4.78, 5) is 4.27. The van der Waals surface area contributed by atoms with Gasteiger partial charge in [0.05, 0.1) is 13.3 Å². The predicted octanol–water partition coefficient (Wildman–Crippen LogP) is 3.70. The minimum atomic E-state index is -0.308. The van der Waals surface area contributed by atoms with E-state index in [0.717, 1.165) is 9.22 Å². The highest BCUT2D eigenvalue weighted by atomic mass is 32.2. The molecule has 0 fully saturated rings. The third-order valence-electron chi connectivity index (χ3n) is 1.68. The largest absolute Gasteiger partial charge is 0.372 e. The van der Waals surface area contributed by atoms with Gasteiger partial charge in [-0.2, -0.15) is 0 Å². The van der Waals surface area contributed by atoms with Gasteiger partial charge in [0.2, 0.25) is 0 Å². The lowest BCUT2D eigenvalue weighted by Gasteiger charge is -2.19. The molecule has 1 aromatic rings. The van der Waals surface area contributed by atoms with Crippen LogP contribution in [-0.4, -0.2) is 19.2 Å². The van der Waals surface area contributed by atoms with Gasteiger partial charge in [-0.05, 0) is 13.8 Å². The first kappa shape index (κ1) is 14.9. The third-order valence-corrected chi connectivity index (χ3v) is 3.66. The summed E-state index contributed by atoms with van der Waals surface area (Å²) in [7, 11) is 3.33. The number of rotatable bonds is 4. The molecule has 0 amide bonds. The average molecular weight is 249 g/mol. The van der Waals surface area contributed by atoms with Crippen LogP contribution in [0.5, 0.6) is 0 Å². The standard InChI is InChI=1S/C8H13NO2S2.C2H6/c1-8(2,10-3)7-9-5-6(12-7)13-11-4;1-2/h5H,1-4H3;1-2H3. The molecule has 0 saturated carbocycles. The Hall–Kier alpha value is -0.100. The average Bonchev–Trinajstić information content (AvgIpc) is 2.71. The van der Waals surface area contributed by atoms with Gasteiger partial charge < -0.3 is 8.92 Å². The highest BCUT2D eigenvalue weighted by molar-refractivity contribution is 7.96. The van der Waals surface area contributed by atoms with Crippen LogP contribution in [0.4, 0.5) is 0 Å². The Balaban J connectivity index is 0.000000921. The molecule has 88 valence electrons. The summed E-state index contributed by atoms with van der Waals surface area (Å²) >= 11 is 2.91. The van der Waals surface area contributed by atoms with Crippen molar-refractivity contribution in [2.75, 3.05) is 14.2 Å². The van der Waals surface area contributed by atoms with Gasteiger partial charge in [0.1, 0.15) is 14.8 Å². The van der Waals surface area contributed by atoms with E-state index in [9.17, 15) is 0 Å². The molecule has 0 atom stereocenters. The molecule has 0 aliphatic carbocycles. The SMILES string of the molecule is CC.COSc1cnc(C(C)(C)OC)s1. The van der Waals surface area contributed by atoms with Crippen molar-refractivity contribution in [2.24, 2.45) is 0 Å². The Bertz CT molecular complexity index is 274. The summed E-state index contributed by atoms with van der Waals surface area (Å²) in [6.45, 7) is 7.99. The second kappa shape index (κ2) is 7.22. The second-order valence-electron chi connectivity index (χ2n) is 2.95. The highest BCUT2D eigenvalue weighted by Crippen LogP contribution is 2.32. The van der Waals surface area contributed by atoms with Crippen LogP contribution in [0.1, 0.15) is 32.7 Å². The summed E-state index contributed by atoms with van der Waals surface area (Å²) in [5.74, 6) is 0. The van der Waals surface area contributed by atoms with E-state index in [0.29, 0.717) is 0 Å². The minimum Gasteiger partial charge on any atom is -0.372 e. The van der Waals surface area contributed by atoms with E-state index in [2.05, 4.69) is 4.98 Å². The Morgan fingerprint density at radius 1 is 1.33 bits per heavy atom. The normalized spacial score (nSPS) is 10.8. The first-order chi connectivity index (χ1) is 7.10. The fourth-order valence-corrected chi connectivity index (χ4v) is 2.31. The molecule has 0 aliphatic rings. The van der Waals surface area contributed by atoms with Crippen molar-refractivity contribution in [3.05, 3.63) is 11.2 Å². The predicted molar refractivity (Wildman–Crippen MR) is 66.4 cm³/mol. The summed E-state index contributed by atoms with van der Waals surface area (Å²) < 4.78 is 11.3. The monoisotopic (exact) mass is 249 g/mol. The lowest BCUT2D eigenvalue weighted by atomic mass is 10.1. The third kappa shape index (κ3) is 4.51. The van der Waals surface area contributed by atoms with Crippen molar-refractivity contribution in [1.82, 2.24) is 4.98 Å². The maximum Gasteiger partial charge on any atom is 0.125 e. The van der Waals surface area contributed by atoms with E-state index in [-0.39, 0.29) is 5.60 Å². The van der Waals surface area contributed by atoms with Crippen LogP contribution in [0.3, 0.4) is 0 Å². The molecule has 0 aromatic carbocycles. The molecular formula is C10H19NO2S2. The fourth-order valence-electron chi connectivity index (χ4n) is 0.746. The second-order valence-corrected chi connectivity index (χ2v) is 5.18. The molecule has 15 heavy (non-hydrogen) atoms. The number of thiazole rings is 1. The van der Waals surface area contributed by atoms with Gasteiger partial charge in [-0.15, -0.1) is 11.3 Å². The number of hydrogen-bond acceptors (Lipinski definition) is 5. The Kier molecular flexibility index (Phi) is 7.17. The molecular weight excluding hydrogens is 230 g/mol. The Labute approximate surface area is 100 Å². The van der Waals surface area contributed by atoms with E-state index < -0.39 is 0 Å². The molecule has 1 rings (SSSR count). The van der Waals surface area contributed by atoms with Crippen LogP contribution >= 0.6 is 23.4 Å². The zero-order chi connectivity index (χ0) is 11.9. The topological polar surface area (TPSA) is 31.4 Å². The maximum absolute atomic E-state index is 5.31. The van der Waals surface area contributed by atoms with Crippen molar-refractivity contribution < 1.29 is 8.92 Å². The van der Waals surface area contributed by atoms with Crippen LogP contribution in [0.2, 0.25) is 0 Å². The number of nitrogens with zero attached hydrogens (tertiary/aromatic N) is 1. The molecule has 3 nitrogen and oxygen atoms in total. The smallest absolute Gasteiger partial charge is 0.125 e. The molecule has 0 N–H and O–H groups in total. The van der Waals surface area contributed by atoms with Crippen molar-refractivity contribution in [3.63, 3.8) is 0 Å². The van der Waals surface area contributed by atoms with E-state index in [1.54, 1.807) is 31.8 Å². The minimum absolute atomic E-state index is 0.308. The van der Waals surface area contributed by atoms with E-state index in [4.69, 9.17) is 8.92 Å². The van der Waals surface area contributed by atoms with Gasteiger partial charge >= 0.3 is 0 Å². The van der Waals surface area contributed by atoms with Crippen LogP contribution in [0.15, 0.2) is 10.4 Å². The van der Waals surface area contributed by atoms with Gasteiger partial charge in [0, 0.05) is 19.2 Å². The summed E-state index contributed by atoms with van der Waals surface area (Å²) in [6.07, 6.45) is 1.80. The Morgan fingerprint density at radius 2 is 1.93 bits per heavy atom. The van der Waals surface area contributed by atoms with E-state index in [1.807, 2.05) is 27.7 Å². The van der Waals surface area contributed by atoms with Gasteiger partial charge in [-0.3, -0.25) is 0 Å². The van der Waals surface area contributed by atoms with Crippen molar-refractivity contribution in [2.45, 2.75) is 37.5 Å². The molecule has 0 saturated heterocycles. The molecule has 0 radical (unpaired) electrons. The van der Waals surface area contributed by atoms with E-state index >= 15 is 0 Å². The van der Waals surface area contributed by atoms with Crippen LogP contribution < -0.4 is 0 Å². The summed E-state index contributed by atoms with van der Waals surface area (Å²) in [6, 6.07) is 0. The molecule has 0 aliphatic heterocycles. The van der Waals surface area contributed by atoms with Crippen molar-refractivity contribution in [1.29, 1.82) is 0 Å². The molecule has 0 unspecified atom stereocenters. The van der Waals surface area contributed by atoms with Crippen LogP contribution in [0.25, 0.3) is 0 Å². The molecule has 0 spiro atoms. The lowest BCUT2D eigenvalue weighted by molar-refractivity contribution is 0.0190. The number of ether oxygens (including phenoxy) is 1. The summed E-state index contributed by atoms with van der Waals surface area (Å²) in [5, 5.41) is 0.967. The van der Waals surface area contributed by atoms with E-state index in [1.165, 1.54) is 12.0 Å². The molecule has 1 heterocycles. The van der Waals surface area contributed by atoms with Crippen molar-refractivity contribution in [3.8, 4) is 0 Å². The highest BCUT2D eigenvalue weighted by Gasteiger charge is 2.23. The van der Waals surface area contributed by atoms with Crippen LogP contribution in [-0.2, 0) is 14.5 Å². The van der Waals surface area contributed by atoms with Crippen molar-refractivity contribution >= 4 is 23.4 Å². The molecule has 5 heteroatoms. The van der Waals surface area contributed by atoms with Gasteiger partial charge in [0.15, 0.2) is 0 Å². The Morgan fingerprint density at radius 3 is 2.40 bits per heavy atom. The number of hydrogen-bond donors (Lipinski definition) is 0. The first-order valence-corrected chi connectivity index (χ1v) is 6.38. The maximum atomic E-state index is 5.31.